The van der Waals surface area contributed by atoms with Crippen LogP contribution in [0.1, 0.15) is 0 Å². The molecule has 0 aliphatic heterocycles. The summed E-state index contributed by atoms with van der Waals surface area (Å²) in [6.07, 6.45) is 0. The summed E-state index contributed by atoms with van der Waals surface area (Å²) in [5.74, 6) is 0. The van der Waals surface area contributed by atoms with E-state index >= 15 is 0 Å². The van der Waals surface area contributed by atoms with E-state index in [-0.39, 0.29) is 20.6 Å². The molecule has 2 aromatic carbocycles. The summed E-state index contributed by atoms with van der Waals surface area (Å²) < 4.78 is 25.5. The standard InChI is InChI=1S/C14H9N3O5S2/c18-14-16(10-6-8-11(9-7-10)17(19)20)15-13(23-14)24(21,22)12-4-2-1-3-5-12/h1-9H. The Kier molecular flexibility index (Phi) is 3.99. The number of nitrogens with zero attached hydrogens (tertiary/aromatic N) is 3. The van der Waals surface area contributed by atoms with Crippen LogP contribution in [0.4, 0.5) is 5.69 Å². The lowest BCUT2D eigenvalue weighted by Crippen LogP contribution is -2.12. The molecule has 10 heteroatoms. The fourth-order valence-electron chi connectivity index (χ4n) is 1.95. The summed E-state index contributed by atoms with van der Waals surface area (Å²) in [5, 5.41) is 14.5. The van der Waals surface area contributed by atoms with E-state index in [4.69, 9.17) is 0 Å². The van der Waals surface area contributed by atoms with E-state index in [1.54, 1.807) is 18.2 Å². The highest BCUT2D eigenvalue weighted by atomic mass is 32.2. The van der Waals surface area contributed by atoms with Gasteiger partial charge in [0.15, 0.2) is 0 Å². The van der Waals surface area contributed by atoms with Crippen molar-refractivity contribution in [3.05, 3.63) is 74.4 Å². The molecule has 24 heavy (non-hydrogen) atoms. The molecule has 0 saturated heterocycles. The average Bonchev–Trinajstić information content (AvgIpc) is 2.98. The van der Waals surface area contributed by atoms with Crippen LogP contribution in [-0.2, 0) is 9.84 Å². The van der Waals surface area contributed by atoms with Gasteiger partial charge in [-0.2, -0.15) is 4.68 Å². The number of aromatic nitrogens is 2. The summed E-state index contributed by atoms with van der Waals surface area (Å²) in [6, 6.07) is 12.7. The lowest BCUT2D eigenvalue weighted by Gasteiger charge is -2.00. The summed E-state index contributed by atoms with van der Waals surface area (Å²) in [4.78, 5) is 21.6. The number of hydrogen-bond acceptors (Lipinski definition) is 7. The molecule has 1 heterocycles. The quantitative estimate of drug-likeness (QED) is 0.518. The fourth-order valence-corrected chi connectivity index (χ4v) is 4.30. The molecule has 0 aliphatic rings. The van der Waals surface area contributed by atoms with E-state index in [0.29, 0.717) is 11.3 Å². The van der Waals surface area contributed by atoms with Crippen molar-refractivity contribution in [2.45, 2.75) is 9.24 Å². The number of non-ortho nitro benzene ring substituents is 1. The van der Waals surface area contributed by atoms with Crippen LogP contribution in [0.3, 0.4) is 0 Å². The highest BCUT2D eigenvalue weighted by Crippen LogP contribution is 2.21. The van der Waals surface area contributed by atoms with Crippen LogP contribution in [-0.4, -0.2) is 23.1 Å². The second kappa shape index (κ2) is 5.98. The van der Waals surface area contributed by atoms with Crippen molar-refractivity contribution >= 4 is 26.9 Å². The second-order valence-corrected chi connectivity index (χ2v) is 7.70. The van der Waals surface area contributed by atoms with Crippen LogP contribution in [0.2, 0.25) is 0 Å². The van der Waals surface area contributed by atoms with E-state index < -0.39 is 19.6 Å². The number of nitro groups is 1. The Morgan fingerprint density at radius 1 is 1.04 bits per heavy atom. The van der Waals surface area contributed by atoms with E-state index in [1.165, 1.54) is 36.4 Å². The molecule has 0 radical (unpaired) electrons. The van der Waals surface area contributed by atoms with Gasteiger partial charge in [-0.25, -0.2) is 8.42 Å². The first kappa shape index (κ1) is 16.0. The first-order valence-corrected chi connectivity index (χ1v) is 8.85. The molecule has 122 valence electrons. The zero-order valence-corrected chi connectivity index (χ0v) is 13.5. The van der Waals surface area contributed by atoms with E-state index in [1.807, 2.05) is 0 Å². The SMILES string of the molecule is O=c1sc(S(=O)(=O)c2ccccc2)nn1-c1ccc([N+](=O)[O-])cc1. The Balaban J connectivity index is 2.05. The van der Waals surface area contributed by atoms with Gasteiger partial charge in [0.1, 0.15) is 0 Å². The minimum absolute atomic E-state index is 0.0367. The van der Waals surface area contributed by atoms with Crippen LogP contribution in [0.5, 0.6) is 0 Å². The molecule has 0 N–H and O–H groups in total. The number of rotatable bonds is 4. The Morgan fingerprint density at radius 2 is 1.67 bits per heavy atom. The minimum atomic E-state index is -3.89. The van der Waals surface area contributed by atoms with Crippen molar-refractivity contribution in [3.63, 3.8) is 0 Å². The zero-order valence-electron chi connectivity index (χ0n) is 11.9. The number of hydrogen-bond donors (Lipinski definition) is 0. The molecule has 0 bridgehead atoms. The molecule has 3 aromatic rings. The molecule has 3 rings (SSSR count). The maximum atomic E-state index is 12.5. The molecule has 0 spiro atoms. The van der Waals surface area contributed by atoms with E-state index in [2.05, 4.69) is 5.10 Å². The van der Waals surface area contributed by atoms with Gasteiger partial charge >= 0.3 is 4.87 Å². The minimum Gasteiger partial charge on any atom is -0.258 e. The Morgan fingerprint density at radius 3 is 2.25 bits per heavy atom. The van der Waals surface area contributed by atoms with Crippen molar-refractivity contribution in [2.24, 2.45) is 0 Å². The topological polar surface area (TPSA) is 112 Å². The van der Waals surface area contributed by atoms with Crippen LogP contribution in [0.15, 0.2) is 68.6 Å². The predicted octanol–water partition coefficient (Wildman–Crippen LogP) is 2.04. The van der Waals surface area contributed by atoms with Gasteiger partial charge < -0.3 is 0 Å². The molecule has 0 saturated carbocycles. The summed E-state index contributed by atoms with van der Waals surface area (Å²) in [7, 11) is -3.89. The highest BCUT2D eigenvalue weighted by Gasteiger charge is 2.24. The summed E-state index contributed by atoms with van der Waals surface area (Å²) in [5.41, 5.74) is 0.107. The number of sulfone groups is 1. The molecule has 0 fully saturated rings. The molecule has 0 unspecified atom stereocenters. The average molecular weight is 363 g/mol. The Labute approximate surface area is 139 Å². The molecule has 0 aliphatic carbocycles. The third-order valence-corrected chi connectivity index (χ3v) is 6.06. The molecule has 1 aromatic heterocycles. The maximum Gasteiger partial charge on any atom is 0.330 e. The molecule has 8 nitrogen and oxygen atoms in total. The summed E-state index contributed by atoms with van der Waals surface area (Å²) >= 11 is 0.496. The third kappa shape index (κ3) is 2.84. The van der Waals surface area contributed by atoms with Crippen LogP contribution in [0, 0.1) is 10.1 Å². The number of benzene rings is 2. The zero-order chi connectivity index (χ0) is 17.3. The largest absolute Gasteiger partial charge is 0.330 e. The predicted molar refractivity (Wildman–Crippen MR) is 86.3 cm³/mol. The normalized spacial score (nSPS) is 11.3. The van der Waals surface area contributed by atoms with Crippen molar-refractivity contribution in [3.8, 4) is 5.69 Å². The van der Waals surface area contributed by atoms with Crippen LogP contribution >= 0.6 is 11.3 Å². The maximum absolute atomic E-state index is 12.5. The van der Waals surface area contributed by atoms with Gasteiger partial charge in [-0.05, 0) is 35.6 Å². The highest BCUT2D eigenvalue weighted by molar-refractivity contribution is 7.93. The fraction of sp³-hybridized carbons (Fsp3) is 0. The van der Waals surface area contributed by atoms with Crippen molar-refractivity contribution < 1.29 is 13.3 Å². The van der Waals surface area contributed by atoms with Crippen molar-refractivity contribution in [2.75, 3.05) is 0 Å². The molecular formula is C14H9N3O5S2. The molecular weight excluding hydrogens is 354 g/mol. The first-order chi connectivity index (χ1) is 11.4. The van der Waals surface area contributed by atoms with Crippen molar-refractivity contribution in [1.82, 2.24) is 9.78 Å². The van der Waals surface area contributed by atoms with Crippen molar-refractivity contribution in [1.29, 1.82) is 0 Å². The van der Waals surface area contributed by atoms with Gasteiger partial charge in [0.25, 0.3) is 5.69 Å². The Bertz CT molecular complexity index is 1050. The van der Waals surface area contributed by atoms with Gasteiger partial charge in [0.05, 0.1) is 15.5 Å². The third-order valence-electron chi connectivity index (χ3n) is 3.12. The van der Waals surface area contributed by atoms with Gasteiger partial charge in [0, 0.05) is 12.1 Å². The molecule has 0 atom stereocenters. The van der Waals surface area contributed by atoms with E-state index in [9.17, 15) is 23.3 Å². The second-order valence-electron chi connectivity index (χ2n) is 4.64. The Hall–Kier alpha value is -2.85. The first-order valence-electron chi connectivity index (χ1n) is 6.55. The monoisotopic (exact) mass is 363 g/mol. The van der Waals surface area contributed by atoms with Crippen LogP contribution in [0.25, 0.3) is 5.69 Å². The molecule has 0 amide bonds. The van der Waals surface area contributed by atoms with E-state index in [0.717, 1.165) is 4.68 Å². The smallest absolute Gasteiger partial charge is 0.258 e. The van der Waals surface area contributed by atoms with Gasteiger partial charge in [0.2, 0.25) is 14.2 Å². The summed E-state index contributed by atoms with van der Waals surface area (Å²) in [6.45, 7) is 0. The van der Waals surface area contributed by atoms with Gasteiger partial charge in [-0.3, -0.25) is 14.9 Å². The number of nitro benzene ring substituents is 1. The van der Waals surface area contributed by atoms with Crippen LogP contribution < -0.4 is 4.87 Å². The van der Waals surface area contributed by atoms with Gasteiger partial charge in [-0.15, -0.1) is 5.10 Å². The lowest BCUT2D eigenvalue weighted by atomic mass is 10.3. The lowest BCUT2D eigenvalue weighted by molar-refractivity contribution is -0.384. The van der Waals surface area contributed by atoms with Gasteiger partial charge in [-0.1, -0.05) is 18.2 Å².